The van der Waals surface area contributed by atoms with Crippen LogP contribution in [0, 0.1) is 11.3 Å². The first-order chi connectivity index (χ1) is 11.4. The van der Waals surface area contributed by atoms with Crippen molar-refractivity contribution in [2.75, 3.05) is 19.0 Å². The minimum Gasteiger partial charge on any atom is -0.355 e. The minimum absolute atomic E-state index is 0.00594. The van der Waals surface area contributed by atoms with Gasteiger partial charge in [0.2, 0.25) is 5.91 Å². The van der Waals surface area contributed by atoms with Gasteiger partial charge in [-0.1, -0.05) is 29.8 Å². The Labute approximate surface area is 147 Å². The molecule has 1 atom stereocenters. The molecule has 124 valence electrons. The highest BCUT2D eigenvalue weighted by atomic mass is 35.5. The molecule has 2 aromatic carbocycles. The number of hydrogen-bond donors (Lipinski definition) is 0. The highest BCUT2D eigenvalue weighted by Gasteiger charge is 2.24. The van der Waals surface area contributed by atoms with Gasteiger partial charge in [0.1, 0.15) is 6.04 Å². The molecule has 5 heteroatoms. The number of rotatable bonds is 5. The number of likely N-dealkylation sites (N-methyl/N-ethyl adjacent to an activating group) is 1. The first kappa shape index (κ1) is 17.8. The van der Waals surface area contributed by atoms with Crippen LogP contribution < -0.4 is 4.90 Å². The molecule has 0 bridgehead atoms. The number of carbonyl (C=O) groups excluding carboxylic acids is 1. The van der Waals surface area contributed by atoms with Crippen molar-refractivity contribution in [2.45, 2.75) is 19.5 Å². The van der Waals surface area contributed by atoms with E-state index in [1.54, 1.807) is 31.1 Å². The van der Waals surface area contributed by atoms with Crippen LogP contribution in [0.25, 0.3) is 0 Å². The summed E-state index contributed by atoms with van der Waals surface area (Å²) in [6.45, 7) is 2.38. The van der Waals surface area contributed by atoms with Gasteiger partial charge in [0, 0.05) is 31.4 Å². The molecule has 0 aliphatic carbocycles. The maximum absolute atomic E-state index is 12.5. The van der Waals surface area contributed by atoms with Crippen molar-refractivity contribution in [3.8, 4) is 6.07 Å². The summed E-state index contributed by atoms with van der Waals surface area (Å²) in [5.41, 5.74) is 2.40. The van der Waals surface area contributed by atoms with Gasteiger partial charge in [-0.25, -0.2) is 0 Å². The van der Waals surface area contributed by atoms with Crippen molar-refractivity contribution in [3.05, 3.63) is 64.7 Å². The molecule has 2 rings (SSSR count). The zero-order valence-electron chi connectivity index (χ0n) is 14.0. The van der Waals surface area contributed by atoms with Crippen molar-refractivity contribution < 1.29 is 4.79 Å². The molecule has 24 heavy (non-hydrogen) atoms. The lowest BCUT2D eigenvalue weighted by Crippen LogP contribution is -2.44. The zero-order chi connectivity index (χ0) is 17.7. The minimum atomic E-state index is -0.357. The van der Waals surface area contributed by atoms with Crippen molar-refractivity contribution in [2.24, 2.45) is 0 Å². The molecule has 1 amide bonds. The second-order valence-electron chi connectivity index (χ2n) is 5.79. The quantitative estimate of drug-likeness (QED) is 0.833. The van der Waals surface area contributed by atoms with Gasteiger partial charge in [-0.2, -0.15) is 5.26 Å². The van der Waals surface area contributed by atoms with E-state index in [4.69, 9.17) is 16.9 Å². The lowest BCUT2D eigenvalue weighted by atomic mass is 10.1. The van der Waals surface area contributed by atoms with Crippen LogP contribution in [-0.2, 0) is 11.3 Å². The molecule has 0 aliphatic rings. The van der Waals surface area contributed by atoms with E-state index in [1.165, 1.54) is 0 Å². The third-order valence-corrected chi connectivity index (χ3v) is 4.26. The molecule has 0 radical (unpaired) electrons. The lowest BCUT2D eigenvalue weighted by Gasteiger charge is -2.32. The van der Waals surface area contributed by atoms with Gasteiger partial charge in [-0.15, -0.1) is 0 Å². The summed E-state index contributed by atoms with van der Waals surface area (Å²) < 4.78 is 0. The Hall–Kier alpha value is -2.51. The van der Waals surface area contributed by atoms with E-state index in [-0.39, 0.29) is 11.9 Å². The first-order valence-corrected chi connectivity index (χ1v) is 8.03. The molecule has 0 spiro atoms. The molecule has 0 aromatic heterocycles. The number of nitrogens with zero attached hydrogens (tertiary/aromatic N) is 3. The van der Waals surface area contributed by atoms with Gasteiger partial charge >= 0.3 is 0 Å². The summed E-state index contributed by atoms with van der Waals surface area (Å²) in [7, 11) is 3.48. The number of carbonyl (C=O) groups is 1. The Morgan fingerprint density at radius 2 is 1.79 bits per heavy atom. The SMILES string of the molecule is C[C@@H](C(=O)N(C)C)N(Cc1ccccc1Cl)c1ccc(C#N)cc1. The fourth-order valence-corrected chi connectivity index (χ4v) is 2.69. The Bertz CT molecular complexity index is 750. The molecule has 0 fully saturated rings. The van der Waals surface area contributed by atoms with Gasteiger partial charge in [0.25, 0.3) is 0 Å². The average molecular weight is 342 g/mol. The monoisotopic (exact) mass is 341 g/mol. The molecule has 0 heterocycles. The molecule has 2 aromatic rings. The standard InChI is InChI=1S/C19H20ClN3O/c1-14(19(24)22(2)3)23(13-16-6-4-5-7-18(16)20)17-10-8-15(12-21)9-11-17/h4-11,14H,13H2,1-3H3/t14-/m0/s1. The number of amides is 1. The van der Waals surface area contributed by atoms with Crippen LogP contribution in [-0.4, -0.2) is 30.9 Å². The molecular weight excluding hydrogens is 322 g/mol. The lowest BCUT2D eigenvalue weighted by molar-refractivity contribution is -0.129. The summed E-state index contributed by atoms with van der Waals surface area (Å²) in [5, 5.41) is 9.63. The summed E-state index contributed by atoms with van der Waals surface area (Å²) >= 11 is 6.29. The highest BCUT2D eigenvalue weighted by molar-refractivity contribution is 6.31. The van der Waals surface area contributed by atoms with Crippen LogP contribution in [0.4, 0.5) is 5.69 Å². The average Bonchev–Trinajstić information content (AvgIpc) is 2.60. The molecule has 0 aliphatic heterocycles. The van der Waals surface area contributed by atoms with Crippen LogP contribution in [0.15, 0.2) is 48.5 Å². The van der Waals surface area contributed by atoms with Crippen LogP contribution in [0.1, 0.15) is 18.1 Å². The summed E-state index contributed by atoms with van der Waals surface area (Å²) in [6.07, 6.45) is 0. The van der Waals surface area contributed by atoms with E-state index in [1.807, 2.05) is 48.2 Å². The Morgan fingerprint density at radius 3 is 2.33 bits per heavy atom. The normalized spacial score (nSPS) is 11.5. The fraction of sp³-hybridized carbons (Fsp3) is 0.263. The molecule has 4 nitrogen and oxygen atoms in total. The largest absolute Gasteiger partial charge is 0.355 e. The van der Waals surface area contributed by atoms with Crippen LogP contribution >= 0.6 is 11.6 Å². The van der Waals surface area contributed by atoms with Crippen LogP contribution in [0.2, 0.25) is 5.02 Å². The number of halogens is 1. The molecule has 0 saturated heterocycles. The van der Waals surface area contributed by atoms with Crippen molar-refractivity contribution in [1.29, 1.82) is 5.26 Å². The van der Waals surface area contributed by atoms with E-state index < -0.39 is 0 Å². The summed E-state index contributed by atoms with van der Waals surface area (Å²) in [5.74, 6) is 0.00594. The Morgan fingerprint density at radius 1 is 1.17 bits per heavy atom. The first-order valence-electron chi connectivity index (χ1n) is 7.65. The Balaban J connectivity index is 2.38. The summed E-state index contributed by atoms with van der Waals surface area (Å²) in [6, 6.07) is 16.6. The van der Waals surface area contributed by atoms with Crippen LogP contribution in [0.3, 0.4) is 0 Å². The van der Waals surface area contributed by atoms with Crippen molar-refractivity contribution in [3.63, 3.8) is 0 Å². The van der Waals surface area contributed by atoms with Gasteiger partial charge in [0.15, 0.2) is 0 Å². The van der Waals surface area contributed by atoms with Crippen molar-refractivity contribution >= 4 is 23.2 Å². The number of anilines is 1. The van der Waals surface area contributed by atoms with Crippen LogP contribution in [0.5, 0.6) is 0 Å². The van der Waals surface area contributed by atoms with Gasteiger partial charge in [-0.3, -0.25) is 4.79 Å². The predicted molar refractivity (Wildman–Crippen MR) is 96.9 cm³/mol. The summed E-state index contributed by atoms with van der Waals surface area (Å²) in [4.78, 5) is 16.0. The van der Waals surface area contributed by atoms with E-state index in [2.05, 4.69) is 6.07 Å². The predicted octanol–water partition coefficient (Wildman–Crippen LogP) is 3.69. The molecule has 0 saturated carbocycles. The van der Waals surface area contributed by atoms with Gasteiger partial charge < -0.3 is 9.80 Å². The Kier molecular flexibility index (Phi) is 5.83. The molecule has 0 unspecified atom stereocenters. The third-order valence-electron chi connectivity index (χ3n) is 3.89. The van der Waals surface area contributed by atoms with E-state index >= 15 is 0 Å². The number of nitriles is 1. The second kappa shape index (κ2) is 7.85. The number of benzene rings is 2. The highest BCUT2D eigenvalue weighted by Crippen LogP contribution is 2.24. The smallest absolute Gasteiger partial charge is 0.244 e. The van der Waals surface area contributed by atoms with E-state index in [9.17, 15) is 4.79 Å². The maximum Gasteiger partial charge on any atom is 0.244 e. The van der Waals surface area contributed by atoms with Gasteiger partial charge in [0.05, 0.1) is 11.6 Å². The third kappa shape index (κ3) is 4.06. The van der Waals surface area contributed by atoms with Crippen molar-refractivity contribution in [1.82, 2.24) is 4.90 Å². The zero-order valence-corrected chi connectivity index (χ0v) is 14.8. The second-order valence-corrected chi connectivity index (χ2v) is 6.19. The topological polar surface area (TPSA) is 47.3 Å². The van der Waals surface area contributed by atoms with E-state index in [0.717, 1.165) is 11.3 Å². The fourth-order valence-electron chi connectivity index (χ4n) is 2.50. The van der Waals surface area contributed by atoms with Gasteiger partial charge in [-0.05, 0) is 42.8 Å². The van der Waals surface area contributed by atoms with E-state index in [0.29, 0.717) is 17.1 Å². The maximum atomic E-state index is 12.5. The molecular formula is C19H20ClN3O. The number of hydrogen-bond acceptors (Lipinski definition) is 3. The molecule has 0 N–H and O–H groups in total.